The van der Waals surface area contributed by atoms with Crippen LogP contribution >= 0.6 is 0 Å². The SMILES string of the molecule is COc1nc(C)c(O)c(CO)c1CO. The number of aromatic nitrogens is 1. The van der Waals surface area contributed by atoms with Gasteiger partial charge in [0.15, 0.2) is 0 Å². The Morgan fingerprint density at radius 3 is 2.21 bits per heavy atom. The molecule has 0 saturated carbocycles. The van der Waals surface area contributed by atoms with Gasteiger partial charge in [-0.05, 0) is 6.92 Å². The van der Waals surface area contributed by atoms with Gasteiger partial charge in [-0.25, -0.2) is 4.98 Å². The lowest BCUT2D eigenvalue weighted by atomic mass is 10.1. The molecule has 1 aromatic heterocycles. The molecular formula is C9H13NO4. The Hall–Kier alpha value is -1.33. The van der Waals surface area contributed by atoms with Crippen molar-refractivity contribution in [2.24, 2.45) is 0 Å². The van der Waals surface area contributed by atoms with Crippen LogP contribution in [0.3, 0.4) is 0 Å². The fraction of sp³-hybridized carbons (Fsp3) is 0.444. The molecule has 0 atom stereocenters. The molecule has 1 aromatic rings. The highest BCUT2D eigenvalue weighted by Gasteiger charge is 2.16. The van der Waals surface area contributed by atoms with Crippen LogP contribution in [0.1, 0.15) is 16.8 Å². The minimum atomic E-state index is -0.360. The fourth-order valence-electron chi connectivity index (χ4n) is 1.27. The molecule has 0 aliphatic carbocycles. The van der Waals surface area contributed by atoms with Crippen LogP contribution < -0.4 is 4.74 Å². The van der Waals surface area contributed by atoms with Gasteiger partial charge in [0.05, 0.1) is 26.0 Å². The maximum Gasteiger partial charge on any atom is 0.219 e. The first-order valence-corrected chi connectivity index (χ1v) is 4.12. The molecule has 0 unspecified atom stereocenters. The van der Waals surface area contributed by atoms with Crippen molar-refractivity contribution in [3.63, 3.8) is 0 Å². The summed E-state index contributed by atoms with van der Waals surface area (Å²) in [6.45, 7) is 0.902. The number of nitrogens with zero attached hydrogens (tertiary/aromatic N) is 1. The average Bonchev–Trinajstić information content (AvgIpc) is 2.20. The Bertz CT molecular complexity index is 338. The highest BCUT2D eigenvalue weighted by Crippen LogP contribution is 2.30. The maximum absolute atomic E-state index is 9.54. The predicted molar refractivity (Wildman–Crippen MR) is 49.0 cm³/mol. The first-order valence-electron chi connectivity index (χ1n) is 4.12. The van der Waals surface area contributed by atoms with E-state index in [2.05, 4.69) is 4.98 Å². The lowest BCUT2D eigenvalue weighted by Gasteiger charge is -2.12. The molecule has 5 nitrogen and oxygen atoms in total. The number of methoxy groups -OCH3 is 1. The van der Waals surface area contributed by atoms with E-state index in [1.54, 1.807) is 6.92 Å². The van der Waals surface area contributed by atoms with Crippen molar-refractivity contribution in [1.82, 2.24) is 4.98 Å². The summed E-state index contributed by atoms with van der Waals surface area (Å²) >= 11 is 0. The first kappa shape index (κ1) is 10.7. The number of ether oxygens (including phenoxy) is 1. The van der Waals surface area contributed by atoms with E-state index in [9.17, 15) is 5.11 Å². The second-order valence-electron chi connectivity index (χ2n) is 2.83. The summed E-state index contributed by atoms with van der Waals surface area (Å²) in [7, 11) is 1.42. The van der Waals surface area contributed by atoms with E-state index in [4.69, 9.17) is 14.9 Å². The summed E-state index contributed by atoms with van der Waals surface area (Å²) in [4.78, 5) is 3.93. The number of aliphatic hydroxyl groups is 2. The van der Waals surface area contributed by atoms with E-state index in [-0.39, 0.29) is 30.4 Å². The zero-order chi connectivity index (χ0) is 10.7. The second-order valence-corrected chi connectivity index (χ2v) is 2.83. The Balaban J connectivity index is 3.42. The summed E-state index contributed by atoms with van der Waals surface area (Å²) in [5.41, 5.74) is 0.943. The predicted octanol–water partition coefficient (Wildman–Crippen LogP) is 0.0888. The molecule has 0 aliphatic heterocycles. The van der Waals surface area contributed by atoms with E-state index >= 15 is 0 Å². The summed E-state index contributed by atoms with van der Waals surface area (Å²) in [6, 6.07) is 0. The van der Waals surface area contributed by atoms with Crippen LogP contribution in [-0.4, -0.2) is 27.4 Å². The monoisotopic (exact) mass is 199 g/mol. The molecule has 5 heteroatoms. The van der Waals surface area contributed by atoms with Gasteiger partial charge in [0.25, 0.3) is 0 Å². The topological polar surface area (TPSA) is 82.8 Å². The van der Waals surface area contributed by atoms with Crippen LogP contribution in [0.2, 0.25) is 0 Å². The van der Waals surface area contributed by atoms with Gasteiger partial charge in [0.1, 0.15) is 5.75 Å². The lowest BCUT2D eigenvalue weighted by molar-refractivity contribution is 0.246. The molecule has 0 aromatic carbocycles. The van der Waals surface area contributed by atoms with Crippen LogP contribution in [0.25, 0.3) is 0 Å². The zero-order valence-corrected chi connectivity index (χ0v) is 8.11. The largest absolute Gasteiger partial charge is 0.506 e. The van der Waals surface area contributed by atoms with Gasteiger partial charge in [-0.3, -0.25) is 0 Å². The number of aryl methyl sites for hydroxylation is 1. The minimum Gasteiger partial charge on any atom is -0.506 e. The van der Waals surface area contributed by atoms with E-state index < -0.39 is 0 Å². The molecule has 14 heavy (non-hydrogen) atoms. The molecule has 0 fully saturated rings. The molecule has 0 aliphatic rings. The lowest BCUT2D eigenvalue weighted by Crippen LogP contribution is -2.03. The van der Waals surface area contributed by atoms with Crippen LogP contribution in [0.15, 0.2) is 0 Å². The molecule has 0 saturated heterocycles. The van der Waals surface area contributed by atoms with Crippen molar-refractivity contribution >= 4 is 0 Å². The van der Waals surface area contributed by atoms with Gasteiger partial charge in [-0.2, -0.15) is 0 Å². The smallest absolute Gasteiger partial charge is 0.219 e. The molecule has 1 heterocycles. The van der Waals surface area contributed by atoms with Gasteiger partial charge in [-0.15, -0.1) is 0 Å². The number of hydrogen-bond acceptors (Lipinski definition) is 5. The van der Waals surface area contributed by atoms with Crippen molar-refractivity contribution in [1.29, 1.82) is 0 Å². The molecule has 1 rings (SSSR count). The molecule has 0 spiro atoms. The summed E-state index contributed by atoms with van der Waals surface area (Å²) in [5.74, 6) is 0.129. The normalized spacial score (nSPS) is 10.3. The van der Waals surface area contributed by atoms with Crippen LogP contribution in [0, 0.1) is 6.92 Å². The minimum absolute atomic E-state index is 0.0997. The Kier molecular flexibility index (Phi) is 3.27. The molecule has 3 N–H and O–H groups in total. The van der Waals surface area contributed by atoms with Crippen molar-refractivity contribution in [2.75, 3.05) is 7.11 Å². The van der Waals surface area contributed by atoms with Gasteiger partial charge < -0.3 is 20.1 Å². The molecule has 0 amide bonds. The standard InChI is InChI=1S/C9H13NO4/c1-5-8(13)6(3-11)7(4-12)9(10-5)14-2/h11-13H,3-4H2,1-2H3. The Morgan fingerprint density at radius 2 is 1.79 bits per heavy atom. The maximum atomic E-state index is 9.54. The molecule has 0 radical (unpaired) electrons. The van der Waals surface area contributed by atoms with Gasteiger partial charge >= 0.3 is 0 Å². The molecule has 0 bridgehead atoms. The Morgan fingerprint density at radius 1 is 1.21 bits per heavy atom. The number of rotatable bonds is 3. The van der Waals surface area contributed by atoms with Crippen LogP contribution in [-0.2, 0) is 13.2 Å². The Labute approximate surface area is 81.6 Å². The van der Waals surface area contributed by atoms with E-state index in [1.807, 2.05) is 0 Å². The van der Waals surface area contributed by atoms with Gasteiger partial charge in [-0.1, -0.05) is 0 Å². The van der Waals surface area contributed by atoms with E-state index in [0.29, 0.717) is 11.3 Å². The average molecular weight is 199 g/mol. The van der Waals surface area contributed by atoms with Gasteiger partial charge in [0.2, 0.25) is 5.88 Å². The van der Waals surface area contributed by atoms with Crippen LogP contribution in [0.5, 0.6) is 11.6 Å². The third-order valence-electron chi connectivity index (χ3n) is 2.03. The first-order chi connectivity index (χ1) is 6.65. The molecule has 78 valence electrons. The highest BCUT2D eigenvalue weighted by atomic mass is 16.5. The summed E-state index contributed by atoms with van der Waals surface area (Å²) in [5, 5.41) is 27.6. The fourth-order valence-corrected chi connectivity index (χ4v) is 1.27. The quantitative estimate of drug-likeness (QED) is 0.642. The third kappa shape index (κ3) is 1.64. The second kappa shape index (κ2) is 4.26. The summed E-state index contributed by atoms with van der Waals surface area (Å²) < 4.78 is 4.92. The van der Waals surface area contributed by atoms with Crippen molar-refractivity contribution < 1.29 is 20.1 Å². The van der Waals surface area contributed by atoms with Gasteiger partial charge in [0, 0.05) is 11.1 Å². The third-order valence-corrected chi connectivity index (χ3v) is 2.03. The zero-order valence-electron chi connectivity index (χ0n) is 8.11. The number of pyridine rings is 1. The number of aromatic hydroxyl groups is 1. The summed E-state index contributed by atoms with van der Waals surface area (Å²) in [6.07, 6.45) is 0. The molecular weight excluding hydrogens is 186 g/mol. The van der Waals surface area contributed by atoms with Crippen molar-refractivity contribution in [3.05, 3.63) is 16.8 Å². The van der Waals surface area contributed by atoms with E-state index in [1.165, 1.54) is 7.11 Å². The van der Waals surface area contributed by atoms with Crippen LogP contribution in [0.4, 0.5) is 0 Å². The van der Waals surface area contributed by atoms with Crippen molar-refractivity contribution in [3.8, 4) is 11.6 Å². The highest BCUT2D eigenvalue weighted by molar-refractivity contribution is 5.46. The number of hydrogen-bond donors (Lipinski definition) is 3. The number of aliphatic hydroxyl groups excluding tert-OH is 2. The van der Waals surface area contributed by atoms with E-state index in [0.717, 1.165) is 0 Å². The van der Waals surface area contributed by atoms with Crippen molar-refractivity contribution in [2.45, 2.75) is 20.1 Å².